The maximum atomic E-state index is 6.66. The van der Waals surface area contributed by atoms with Gasteiger partial charge in [0.1, 0.15) is 11.2 Å². The fraction of sp³-hybridized carbons (Fsp3) is 0.0612. The predicted octanol–water partition coefficient (Wildman–Crippen LogP) is 14.0. The fourth-order valence-electron chi connectivity index (χ4n) is 8.51. The lowest BCUT2D eigenvalue weighted by Gasteiger charge is -2.44. The molecule has 10 rings (SSSR count). The molecule has 9 aromatic rings. The van der Waals surface area contributed by atoms with Crippen LogP contribution in [0.5, 0.6) is 0 Å². The van der Waals surface area contributed by atoms with E-state index in [0.717, 1.165) is 55.9 Å². The molecular formula is C49H36N2O. The summed E-state index contributed by atoms with van der Waals surface area (Å²) in [5.74, 6) is 0. The summed E-state index contributed by atoms with van der Waals surface area (Å²) in [7, 11) is 0. The van der Waals surface area contributed by atoms with Crippen LogP contribution in [0.1, 0.15) is 25.0 Å². The lowest BCUT2D eigenvalue weighted by atomic mass is 9.70. The van der Waals surface area contributed by atoms with Gasteiger partial charge in [-0.1, -0.05) is 147 Å². The van der Waals surface area contributed by atoms with Crippen LogP contribution in [0, 0.1) is 0 Å². The molecule has 0 spiro atoms. The van der Waals surface area contributed by atoms with Crippen LogP contribution in [-0.2, 0) is 5.41 Å². The summed E-state index contributed by atoms with van der Waals surface area (Å²) in [6.07, 6.45) is 0. The molecule has 0 radical (unpaired) electrons. The van der Waals surface area contributed by atoms with Crippen LogP contribution in [0.25, 0.3) is 43.8 Å². The van der Waals surface area contributed by atoms with E-state index in [9.17, 15) is 0 Å². The molecule has 3 nitrogen and oxygen atoms in total. The van der Waals surface area contributed by atoms with Gasteiger partial charge >= 0.3 is 0 Å². The second-order valence-corrected chi connectivity index (χ2v) is 14.1. The summed E-state index contributed by atoms with van der Waals surface area (Å²) < 4.78 is 6.66. The third-order valence-electron chi connectivity index (χ3n) is 10.8. The van der Waals surface area contributed by atoms with Crippen LogP contribution in [0.4, 0.5) is 34.1 Å². The van der Waals surface area contributed by atoms with Gasteiger partial charge in [0.05, 0.1) is 22.7 Å². The number of para-hydroxylation sites is 5. The summed E-state index contributed by atoms with van der Waals surface area (Å²) >= 11 is 0. The molecule has 0 unspecified atom stereocenters. The zero-order valence-electron chi connectivity index (χ0n) is 29.1. The van der Waals surface area contributed by atoms with Crippen molar-refractivity contribution in [3.8, 4) is 11.1 Å². The molecule has 0 saturated heterocycles. The molecule has 8 aromatic carbocycles. The van der Waals surface area contributed by atoms with Crippen LogP contribution in [0.3, 0.4) is 0 Å². The molecule has 0 atom stereocenters. The Morgan fingerprint density at radius 3 is 1.87 bits per heavy atom. The Labute approximate surface area is 303 Å². The van der Waals surface area contributed by atoms with Crippen LogP contribution in [-0.4, -0.2) is 0 Å². The summed E-state index contributed by atoms with van der Waals surface area (Å²) in [4.78, 5) is 4.91. The molecule has 3 heteroatoms. The number of anilines is 6. The minimum atomic E-state index is -0.323. The molecule has 0 saturated carbocycles. The van der Waals surface area contributed by atoms with E-state index in [1.807, 2.05) is 6.07 Å². The average molecular weight is 669 g/mol. The highest BCUT2D eigenvalue weighted by atomic mass is 16.3. The van der Waals surface area contributed by atoms with Gasteiger partial charge in [0, 0.05) is 38.5 Å². The van der Waals surface area contributed by atoms with E-state index in [1.165, 1.54) is 33.2 Å². The maximum absolute atomic E-state index is 6.66. The third kappa shape index (κ3) is 4.52. The number of rotatable bonds is 5. The first kappa shape index (κ1) is 30.3. The minimum absolute atomic E-state index is 0.323. The Bertz CT molecular complexity index is 2740. The zero-order chi connectivity index (χ0) is 34.8. The van der Waals surface area contributed by atoms with Crippen molar-refractivity contribution in [2.24, 2.45) is 0 Å². The Morgan fingerprint density at radius 1 is 0.481 bits per heavy atom. The van der Waals surface area contributed by atoms with Crippen LogP contribution >= 0.6 is 0 Å². The van der Waals surface area contributed by atoms with Crippen molar-refractivity contribution >= 4 is 66.8 Å². The Hall–Kier alpha value is -6.58. The molecule has 2 heterocycles. The van der Waals surface area contributed by atoms with Crippen molar-refractivity contribution in [3.05, 3.63) is 193 Å². The SMILES string of the molecule is CC1(C)c2ccccc2N(c2c(N(c3ccccc3)c3ccccc3)ccc3ccccc23)c2cccc(-c3cccc4c3oc3ccccc34)c21. The van der Waals surface area contributed by atoms with Gasteiger partial charge in [0.2, 0.25) is 0 Å². The van der Waals surface area contributed by atoms with Crippen molar-refractivity contribution in [1.82, 2.24) is 0 Å². The normalized spacial score (nSPS) is 13.3. The van der Waals surface area contributed by atoms with E-state index >= 15 is 0 Å². The quantitative estimate of drug-likeness (QED) is 0.182. The van der Waals surface area contributed by atoms with Gasteiger partial charge in [-0.25, -0.2) is 0 Å². The molecule has 1 aliphatic heterocycles. The largest absolute Gasteiger partial charge is 0.455 e. The minimum Gasteiger partial charge on any atom is -0.455 e. The van der Waals surface area contributed by atoms with Gasteiger partial charge in [-0.2, -0.15) is 0 Å². The highest BCUT2D eigenvalue weighted by Crippen LogP contribution is 2.58. The number of fused-ring (bicyclic) bond motifs is 6. The van der Waals surface area contributed by atoms with Gasteiger partial charge < -0.3 is 14.2 Å². The van der Waals surface area contributed by atoms with E-state index in [-0.39, 0.29) is 5.41 Å². The number of hydrogen-bond acceptors (Lipinski definition) is 3. The van der Waals surface area contributed by atoms with E-state index in [4.69, 9.17) is 4.42 Å². The molecule has 52 heavy (non-hydrogen) atoms. The second kappa shape index (κ2) is 11.8. The number of benzene rings is 8. The van der Waals surface area contributed by atoms with Crippen LogP contribution < -0.4 is 9.80 Å². The molecular weight excluding hydrogens is 633 g/mol. The van der Waals surface area contributed by atoms with E-state index in [0.29, 0.717) is 0 Å². The highest BCUT2D eigenvalue weighted by molar-refractivity contribution is 6.12. The fourth-order valence-corrected chi connectivity index (χ4v) is 8.51. The second-order valence-electron chi connectivity index (χ2n) is 14.1. The smallest absolute Gasteiger partial charge is 0.143 e. The van der Waals surface area contributed by atoms with Gasteiger partial charge in [0.15, 0.2) is 0 Å². The lowest BCUT2D eigenvalue weighted by Crippen LogP contribution is -2.32. The number of hydrogen-bond donors (Lipinski definition) is 0. The van der Waals surface area contributed by atoms with Crippen LogP contribution in [0.15, 0.2) is 186 Å². The van der Waals surface area contributed by atoms with Crippen molar-refractivity contribution in [1.29, 1.82) is 0 Å². The Kier molecular flexibility index (Phi) is 6.84. The first-order valence-electron chi connectivity index (χ1n) is 18.0. The maximum Gasteiger partial charge on any atom is 0.143 e. The monoisotopic (exact) mass is 668 g/mol. The standard InChI is InChI=1S/C49H36N2O/c1-49(2)41-27-12-13-28-42(41)51(43-29-16-24-38(46(43)49)40-26-15-25-39-37-23-11-14-30-45(37)52-48(39)40)47-36-22-10-9-17-33(36)31-32-44(47)50(34-18-5-3-6-19-34)35-20-7-4-8-21-35/h3-32H,1-2H3. The Morgan fingerprint density at radius 2 is 1.08 bits per heavy atom. The molecule has 1 aliphatic rings. The third-order valence-corrected chi connectivity index (χ3v) is 10.8. The summed E-state index contributed by atoms with van der Waals surface area (Å²) in [5, 5.41) is 4.64. The van der Waals surface area contributed by atoms with Crippen molar-refractivity contribution < 1.29 is 4.42 Å². The first-order chi connectivity index (χ1) is 25.6. The summed E-state index contributed by atoms with van der Waals surface area (Å²) in [6, 6.07) is 65.4. The van der Waals surface area contributed by atoms with Gasteiger partial charge in [0.25, 0.3) is 0 Å². The van der Waals surface area contributed by atoms with Crippen LogP contribution in [0.2, 0.25) is 0 Å². The van der Waals surface area contributed by atoms with E-state index < -0.39 is 0 Å². The average Bonchev–Trinajstić information content (AvgIpc) is 3.58. The predicted molar refractivity (Wildman–Crippen MR) is 218 cm³/mol. The molecule has 0 N–H and O–H groups in total. The van der Waals surface area contributed by atoms with Gasteiger partial charge in [-0.15, -0.1) is 0 Å². The molecule has 248 valence electrons. The first-order valence-corrected chi connectivity index (χ1v) is 18.0. The van der Waals surface area contributed by atoms with Crippen molar-refractivity contribution in [2.75, 3.05) is 9.80 Å². The highest BCUT2D eigenvalue weighted by Gasteiger charge is 2.40. The van der Waals surface area contributed by atoms with Crippen molar-refractivity contribution in [3.63, 3.8) is 0 Å². The Balaban J connectivity index is 1.31. The lowest BCUT2D eigenvalue weighted by molar-refractivity contribution is 0.633. The summed E-state index contributed by atoms with van der Waals surface area (Å²) in [5.41, 5.74) is 13.1. The number of furan rings is 1. The number of nitrogens with zero attached hydrogens (tertiary/aromatic N) is 2. The van der Waals surface area contributed by atoms with Crippen molar-refractivity contribution in [2.45, 2.75) is 19.3 Å². The zero-order valence-corrected chi connectivity index (χ0v) is 29.1. The topological polar surface area (TPSA) is 19.6 Å². The van der Waals surface area contributed by atoms with Gasteiger partial charge in [-0.3, -0.25) is 0 Å². The van der Waals surface area contributed by atoms with Gasteiger partial charge in [-0.05, 0) is 70.6 Å². The molecule has 0 aliphatic carbocycles. The molecule has 0 bridgehead atoms. The van der Waals surface area contributed by atoms with E-state index in [1.54, 1.807) is 0 Å². The molecule has 0 fully saturated rings. The molecule has 0 amide bonds. The molecule has 1 aromatic heterocycles. The van der Waals surface area contributed by atoms with E-state index in [2.05, 4.69) is 200 Å². The summed E-state index contributed by atoms with van der Waals surface area (Å²) in [6.45, 7) is 4.74.